The van der Waals surface area contributed by atoms with Gasteiger partial charge in [0.2, 0.25) is 0 Å². The number of nitrogens with one attached hydrogen (secondary N) is 1. The molecule has 108 valence electrons. The van der Waals surface area contributed by atoms with Crippen LogP contribution in [0.15, 0.2) is 40.9 Å². The van der Waals surface area contributed by atoms with E-state index in [1.54, 1.807) is 6.07 Å². The standard InChI is InChI=1S/C16H14BrFN2O/c1-20-9-13-7-14(3-4-15(13)17)21-10-11-2-5-16(18)12(6-11)8-19/h2-7,20H,9-10H2,1H3. The van der Waals surface area contributed by atoms with Crippen molar-refractivity contribution in [3.05, 3.63) is 63.4 Å². The van der Waals surface area contributed by atoms with Crippen LogP contribution < -0.4 is 10.1 Å². The Kier molecular flexibility index (Phi) is 5.32. The SMILES string of the molecule is CNCc1cc(OCc2ccc(F)c(C#N)c2)ccc1Br. The van der Waals surface area contributed by atoms with Gasteiger partial charge in [-0.1, -0.05) is 22.0 Å². The molecule has 2 aromatic carbocycles. The Labute approximate surface area is 131 Å². The average Bonchev–Trinajstić information content (AvgIpc) is 2.49. The molecule has 0 spiro atoms. The summed E-state index contributed by atoms with van der Waals surface area (Å²) in [5, 5.41) is 11.9. The minimum absolute atomic E-state index is 0.0304. The first kappa shape index (κ1) is 15.5. The summed E-state index contributed by atoms with van der Waals surface area (Å²) in [6.07, 6.45) is 0. The minimum Gasteiger partial charge on any atom is -0.489 e. The van der Waals surface area contributed by atoms with Crippen molar-refractivity contribution in [2.24, 2.45) is 0 Å². The van der Waals surface area contributed by atoms with E-state index in [1.165, 1.54) is 12.1 Å². The maximum atomic E-state index is 13.2. The second kappa shape index (κ2) is 7.21. The number of nitrogens with zero attached hydrogens (tertiary/aromatic N) is 1. The van der Waals surface area contributed by atoms with Crippen LogP contribution in [0.5, 0.6) is 5.75 Å². The first-order chi connectivity index (χ1) is 10.1. The van der Waals surface area contributed by atoms with Gasteiger partial charge in [-0.3, -0.25) is 0 Å². The molecule has 2 rings (SSSR count). The number of hydrogen-bond acceptors (Lipinski definition) is 3. The summed E-state index contributed by atoms with van der Waals surface area (Å²) >= 11 is 3.48. The van der Waals surface area contributed by atoms with Gasteiger partial charge in [0.1, 0.15) is 24.2 Å². The number of benzene rings is 2. The zero-order valence-corrected chi connectivity index (χ0v) is 13.1. The highest BCUT2D eigenvalue weighted by atomic mass is 79.9. The van der Waals surface area contributed by atoms with Gasteiger partial charge in [0.05, 0.1) is 5.56 Å². The van der Waals surface area contributed by atoms with Crippen molar-refractivity contribution in [2.75, 3.05) is 7.05 Å². The van der Waals surface area contributed by atoms with Gasteiger partial charge in [0.15, 0.2) is 0 Å². The Morgan fingerprint density at radius 3 is 2.81 bits per heavy atom. The topological polar surface area (TPSA) is 45.0 Å². The summed E-state index contributed by atoms with van der Waals surface area (Å²) in [7, 11) is 1.88. The van der Waals surface area contributed by atoms with Crippen LogP contribution in [0.4, 0.5) is 4.39 Å². The number of halogens is 2. The van der Waals surface area contributed by atoms with E-state index in [0.29, 0.717) is 0 Å². The van der Waals surface area contributed by atoms with Gasteiger partial charge in [0, 0.05) is 11.0 Å². The number of nitriles is 1. The highest BCUT2D eigenvalue weighted by Gasteiger charge is 2.05. The van der Waals surface area contributed by atoms with E-state index in [-0.39, 0.29) is 12.2 Å². The van der Waals surface area contributed by atoms with Gasteiger partial charge in [-0.25, -0.2) is 4.39 Å². The fraction of sp³-hybridized carbons (Fsp3) is 0.188. The molecule has 5 heteroatoms. The van der Waals surface area contributed by atoms with E-state index in [1.807, 2.05) is 31.3 Å². The van der Waals surface area contributed by atoms with Gasteiger partial charge in [-0.2, -0.15) is 5.26 Å². The third-order valence-corrected chi connectivity index (χ3v) is 3.71. The zero-order valence-electron chi connectivity index (χ0n) is 11.5. The number of rotatable bonds is 5. The van der Waals surface area contributed by atoms with Crippen LogP contribution in [0.1, 0.15) is 16.7 Å². The van der Waals surface area contributed by atoms with E-state index in [2.05, 4.69) is 21.2 Å². The van der Waals surface area contributed by atoms with Crippen molar-refractivity contribution in [1.29, 1.82) is 5.26 Å². The fourth-order valence-electron chi connectivity index (χ4n) is 1.88. The molecule has 0 radical (unpaired) electrons. The Bertz CT molecular complexity index is 682. The maximum absolute atomic E-state index is 13.2. The van der Waals surface area contributed by atoms with Crippen LogP contribution in [-0.4, -0.2) is 7.05 Å². The van der Waals surface area contributed by atoms with Crippen molar-refractivity contribution in [3.63, 3.8) is 0 Å². The highest BCUT2D eigenvalue weighted by Crippen LogP contribution is 2.23. The van der Waals surface area contributed by atoms with E-state index >= 15 is 0 Å². The van der Waals surface area contributed by atoms with Crippen LogP contribution in [0.3, 0.4) is 0 Å². The molecule has 3 nitrogen and oxygen atoms in total. The highest BCUT2D eigenvalue weighted by molar-refractivity contribution is 9.10. The molecule has 0 atom stereocenters. The molecular weight excluding hydrogens is 335 g/mol. The van der Waals surface area contributed by atoms with Crippen molar-refractivity contribution < 1.29 is 9.13 Å². The van der Waals surface area contributed by atoms with Gasteiger partial charge in [-0.15, -0.1) is 0 Å². The lowest BCUT2D eigenvalue weighted by molar-refractivity contribution is 0.305. The van der Waals surface area contributed by atoms with Gasteiger partial charge in [0.25, 0.3) is 0 Å². The molecule has 0 heterocycles. The molecular formula is C16H14BrFN2O. The van der Waals surface area contributed by atoms with Crippen LogP contribution in [0.2, 0.25) is 0 Å². The van der Waals surface area contributed by atoms with Crippen molar-refractivity contribution in [3.8, 4) is 11.8 Å². The normalized spacial score (nSPS) is 10.2. The predicted octanol–water partition coefficient (Wildman–Crippen LogP) is 3.76. The first-order valence-electron chi connectivity index (χ1n) is 6.38. The third-order valence-electron chi connectivity index (χ3n) is 2.94. The number of hydrogen-bond donors (Lipinski definition) is 1. The maximum Gasteiger partial charge on any atom is 0.140 e. The molecule has 0 aliphatic carbocycles. The largest absolute Gasteiger partial charge is 0.489 e. The molecule has 0 aromatic heterocycles. The van der Waals surface area contributed by atoms with Crippen LogP contribution >= 0.6 is 15.9 Å². The first-order valence-corrected chi connectivity index (χ1v) is 7.17. The molecule has 0 unspecified atom stereocenters. The molecule has 0 aliphatic heterocycles. The van der Waals surface area contributed by atoms with Crippen molar-refractivity contribution in [2.45, 2.75) is 13.2 Å². The lowest BCUT2D eigenvalue weighted by atomic mass is 10.1. The number of ether oxygens (including phenoxy) is 1. The van der Waals surface area contributed by atoms with E-state index in [4.69, 9.17) is 10.00 Å². The van der Waals surface area contributed by atoms with Crippen molar-refractivity contribution >= 4 is 15.9 Å². The second-order valence-corrected chi connectivity index (χ2v) is 5.35. The van der Waals surface area contributed by atoms with E-state index in [0.717, 1.165) is 27.9 Å². The molecule has 0 fully saturated rings. The molecule has 21 heavy (non-hydrogen) atoms. The fourth-order valence-corrected chi connectivity index (χ4v) is 2.27. The van der Waals surface area contributed by atoms with Gasteiger partial charge in [-0.05, 0) is 48.5 Å². The van der Waals surface area contributed by atoms with Gasteiger partial charge < -0.3 is 10.1 Å². The summed E-state index contributed by atoms with van der Waals surface area (Å²) in [5.41, 5.74) is 1.88. The third kappa shape index (κ3) is 4.03. The monoisotopic (exact) mass is 348 g/mol. The van der Waals surface area contributed by atoms with Crippen LogP contribution in [0.25, 0.3) is 0 Å². The Morgan fingerprint density at radius 1 is 1.29 bits per heavy atom. The molecule has 0 aliphatic rings. The molecule has 2 aromatic rings. The summed E-state index contributed by atoms with van der Waals surface area (Å²) in [5.74, 6) is 0.215. The molecule has 1 N–H and O–H groups in total. The Balaban J connectivity index is 2.09. The summed E-state index contributed by atoms with van der Waals surface area (Å²) in [6, 6.07) is 11.9. The van der Waals surface area contributed by atoms with Crippen LogP contribution in [-0.2, 0) is 13.2 Å². The lowest BCUT2D eigenvalue weighted by Gasteiger charge is -2.10. The summed E-state index contributed by atoms with van der Waals surface area (Å²) in [4.78, 5) is 0. The molecule has 0 amide bonds. The molecule has 0 saturated heterocycles. The van der Waals surface area contributed by atoms with E-state index < -0.39 is 5.82 Å². The summed E-state index contributed by atoms with van der Waals surface area (Å²) in [6.45, 7) is 1.02. The van der Waals surface area contributed by atoms with Crippen LogP contribution in [0, 0.1) is 17.1 Å². The van der Waals surface area contributed by atoms with Gasteiger partial charge >= 0.3 is 0 Å². The lowest BCUT2D eigenvalue weighted by Crippen LogP contribution is -2.06. The summed E-state index contributed by atoms with van der Waals surface area (Å²) < 4.78 is 19.9. The molecule has 0 bridgehead atoms. The average molecular weight is 349 g/mol. The Morgan fingerprint density at radius 2 is 2.10 bits per heavy atom. The van der Waals surface area contributed by atoms with E-state index in [9.17, 15) is 4.39 Å². The van der Waals surface area contributed by atoms with Crippen molar-refractivity contribution in [1.82, 2.24) is 5.32 Å². The smallest absolute Gasteiger partial charge is 0.140 e. The minimum atomic E-state index is -0.513. The Hall–Kier alpha value is -1.90. The predicted molar refractivity (Wildman–Crippen MR) is 82.4 cm³/mol. The molecule has 0 saturated carbocycles. The second-order valence-electron chi connectivity index (χ2n) is 4.50. The quantitative estimate of drug-likeness (QED) is 0.894. The zero-order chi connectivity index (χ0) is 15.2.